The highest BCUT2D eigenvalue weighted by atomic mass is 19.1. The van der Waals surface area contributed by atoms with Gasteiger partial charge in [-0.15, -0.1) is 0 Å². The quantitative estimate of drug-likeness (QED) is 0.686. The van der Waals surface area contributed by atoms with Crippen LogP contribution in [0.2, 0.25) is 0 Å². The van der Waals surface area contributed by atoms with E-state index in [2.05, 4.69) is 20.3 Å². The van der Waals surface area contributed by atoms with E-state index in [0.29, 0.717) is 19.5 Å². The van der Waals surface area contributed by atoms with E-state index < -0.39 is 11.6 Å². The maximum Gasteiger partial charge on any atom is 0.323 e. The molecule has 1 aliphatic rings. The van der Waals surface area contributed by atoms with Crippen LogP contribution in [0.3, 0.4) is 0 Å². The van der Waals surface area contributed by atoms with Crippen LogP contribution in [0, 0.1) is 17.6 Å². The summed E-state index contributed by atoms with van der Waals surface area (Å²) in [6, 6.07) is 7.71. The molecule has 9 heteroatoms. The van der Waals surface area contributed by atoms with Crippen LogP contribution in [0.1, 0.15) is 12.2 Å². The summed E-state index contributed by atoms with van der Waals surface area (Å²) in [4.78, 5) is 27.1. The van der Waals surface area contributed by atoms with Crippen LogP contribution in [0.15, 0.2) is 48.8 Å². The first-order valence-corrected chi connectivity index (χ1v) is 9.53. The number of hydrogen-bond donors (Lipinski definition) is 2. The van der Waals surface area contributed by atoms with Gasteiger partial charge in [0.1, 0.15) is 17.5 Å². The van der Waals surface area contributed by atoms with Crippen LogP contribution in [0.5, 0.6) is 0 Å². The Morgan fingerprint density at radius 2 is 2.00 bits per heavy atom. The van der Waals surface area contributed by atoms with E-state index >= 15 is 0 Å². The summed E-state index contributed by atoms with van der Waals surface area (Å²) in [5.74, 6) is -0.261. The number of nitrogen functional groups attached to an aromatic ring is 1. The van der Waals surface area contributed by atoms with Crippen molar-refractivity contribution in [2.75, 3.05) is 24.1 Å². The number of halogens is 2. The summed E-state index contributed by atoms with van der Waals surface area (Å²) < 4.78 is 27.3. The van der Waals surface area contributed by atoms with E-state index in [-0.39, 0.29) is 34.7 Å². The van der Waals surface area contributed by atoms with Crippen molar-refractivity contribution in [3.8, 4) is 11.3 Å². The molecule has 0 saturated carbocycles. The van der Waals surface area contributed by atoms with Gasteiger partial charge in [0.25, 0.3) is 0 Å². The number of nitrogens with two attached hydrogens (primary N) is 1. The van der Waals surface area contributed by atoms with E-state index in [0.717, 1.165) is 24.4 Å². The number of amides is 2. The number of nitrogens with one attached hydrogen (secondary N) is 1. The Morgan fingerprint density at radius 1 is 1.20 bits per heavy atom. The smallest absolute Gasteiger partial charge is 0.323 e. The number of aromatic nitrogens is 3. The highest BCUT2D eigenvalue weighted by Crippen LogP contribution is 2.27. The third-order valence-electron chi connectivity index (χ3n) is 5.02. The molecule has 3 N–H and O–H groups in total. The summed E-state index contributed by atoms with van der Waals surface area (Å²) in [5.41, 5.74) is 6.56. The van der Waals surface area contributed by atoms with Crippen molar-refractivity contribution in [2.24, 2.45) is 5.92 Å². The first-order valence-electron chi connectivity index (χ1n) is 9.53. The molecule has 1 aromatic carbocycles. The van der Waals surface area contributed by atoms with Crippen molar-refractivity contribution in [3.05, 3.63) is 66.3 Å². The minimum atomic E-state index is -0.741. The molecule has 1 atom stereocenters. The van der Waals surface area contributed by atoms with Crippen molar-refractivity contribution < 1.29 is 13.6 Å². The van der Waals surface area contributed by atoms with Crippen molar-refractivity contribution in [3.63, 3.8) is 0 Å². The first kappa shape index (κ1) is 19.7. The predicted octanol–water partition coefficient (Wildman–Crippen LogP) is 3.50. The number of nitrogens with zero attached hydrogens (tertiary/aromatic N) is 4. The Balaban J connectivity index is 1.44. The number of anilines is 2. The average Bonchev–Trinajstić information content (AvgIpc) is 3.19. The molecule has 0 bridgehead atoms. The minimum Gasteiger partial charge on any atom is -0.396 e. The predicted molar refractivity (Wildman–Crippen MR) is 108 cm³/mol. The molecular weight excluding hydrogens is 390 g/mol. The van der Waals surface area contributed by atoms with Crippen LogP contribution in [-0.4, -0.2) is 39.0 Å². The number of rotatable bonds is 4. The molecule has 0 unspecified atom stereocenters. The van der Waals surface area contributed by atoms with Crippen LogP contribution < -0.4 is 11.1 Å². The Morgan fingerprint density at radius 3 is 2.77 bits per heavy atom. The van der Waals surface area contributed by atoms with E-state index in [1.165, 1.54) is 18.2 Å². The molecule has 3 aromatic rings. The largest absolute Gasteiger partial charge is 0.396 e. The van der Waals surface area contributed by atoms with Crippen LogP contribution in [0.25, 0.3) is 11.3 Å². The molecule has 1 fully saturated rings. The van der Waals surface area contributed by atoms with Gasteiger partial charge in [0, 0.05) is 43.5 Å². The normalized spacial score (nSPS) is 15.9. The molecular formula is C21H20F2N6O. The number of urea groups is 1. The third kappa shape index (κ3) is 4.35. The van der Waals surface area contributed by atoms with Gasteiger partial charge in [0.05, 0.1) is 11.4 Å². The van der Waals surface area contributed by atoms with Gasteiger partial charge in [-0.3, -0.25) is 5.32 Å². The van der Waals surface area contributed by atoms with Crippen molar-refractivity contribution >= 4 is 17.5 Å². The fourth-order valence-corrected chi connectivity index (χ4v) is 3.47. The lowest BCUT2D eigenvalue weighted by molar-refractivity contribution is 0.220. The molecule has 0 spiro atoms. The van der Waals surface area contributed by atoms with Gasteiger partial charge in [-0.1, -0.05) is 0 Å². The topological polar surface area (TPSA) is 97.0 Å². The molecule has 154 valence electrons. The van der Waals surface area contributed by atoms with Crippen molar-refractivity contribution in [1.82, 2.24) is 19.9 Å². The third-order valence-corrected chi connectivity index (χ3v) is 5.02. The minimum absolute atomic E-state index is 0.121. The summed E-state index contributed by atoms with van der Waals surface area (Å²) in [5, 5.41) is 2.70. The molecule has 3 heterocycles. The van der Waals surface area contributed by atoms with Gasteiger partial charge in [-0.2, -0.15) is 0 Å². The van der Waals surface area contributed by atoms with Gasteiger partial charge in [-0.25, -0.2) is 28.5 Å². The van der Waals surface area contributed by atoms with E-state index in [4.69, 9.17) is 5.73 Å². The van der Waals surface area contributed by atoms with Gasteiger partial charge in [0.15, 0.2) is 5.82 Å². The fourth-order valence-electron chi connectivity index (χ4n) is 3.47. The second-order valence-corrected chi connectivity index (χ2v) is 7.16. The van der Waals surface area contributed by atoms with Crippen LogP contribution >= 0.6 is 0 Å². The zero-order valence-corrected chi connectivity index (χ0v) is 16.1. The average molecular weight is 410 g/mol. The van der Waals surface area contributed by atoms with Crippen LogP contribution in [0.4, 0.5) is 25.1 Å². The first-order chi connectivity index (χ1) is 14.5. The number of hydrogen-bond acceptors (Lipinski definition) is 5. The Kier molecular flexibility index (Phi) is 5.51. The van der Waals surface area contributed by atoms with E-state index in [1.807, 2.05) is 0 Å². The van der Waals surface area contributed by atoms with Gasteiger partial charge in [-0.05, 0) is 42.7 Å². The lowest BCUT2D eigenvalue weighted by atomic mass is 10.0. The molecule has 30 heavy (non-hydrogen) atoms. The SMILES string of the molecule is Nc1ccc(-c2ccc(F)cc2F)nc1NC(=O)N1CC[C@H](Cc2ncccn2)C1. The molecule has 2 aromatic heterocycles. The summed E-state index contributed by atoms with van der Waals surface area (Å²) in [6.45, 7) is 1.16. The van der Waals surface area contributed by atoms with Crippen molar-refractivity contribution in [2.45, 2.75) is 12.8 Å². The standard InChI is InChI=1S/C21H20F2N6O/c22-14-2-3-15(16(23)11-14)18-5-4-17(24)20(27-18)28-21(30)29-9-6-13(12-29)10-19-25-7-1-8-26-19/h1-5,7-8,11,13H,6,9-10,12,24H2,(H,27,28,30)/t13-/m1/s1. The van der Waals surface area contributed by atoms with Gasteiger partial charge >= 0.3 is 6.03 Å². The lowest BCUT2D eigenvalue weighted by Crippen LogP contribution is -2.33. The number of likely N-dealkylation sites (tertiary alicyclic amines) is 1. The summed E-state index contributed by atoms with van der Waals surface area (Å²) >= 11 is 0. The Bertz CT molecular complexity index is 1060. The molecule has 1 aliphatic heterocycles. The maximum absolute atomic E-state index is 14.1. The summed E-state index contributed by atoms with van der Waals surface area (Å²) in [6.07, 6.45) is 4.94. The Labute approximate surface area is 172 Å². The molecule has 0 radical (unpaired) electrons. The molecule has 2 amide bonds. The monoisotopic (exact) mass is 410 g/mol. The number of pyridine rings is 1. The highest BCUT2D eigenvalue weighted by Gasteiger charge is 2.27. The van der Waals surface area contributed by atoms with E-state index in [1.54, 1.807) is 23.4 Å². The van der Waals surface area contributed by atoms with Gasteiger partial charge < -0.3 is 10.6 Å². The summed E-state index contributed by atoms with van der Waals surface area (Å²) in [7, 11) is 0. The zero-order chi connectivity index (χ0) is 21.1. The fraction of sp³-hybridized carbons (Fsp3) is 0.238. The van der Waals surface area contributed by atoms with Gasteiger partial charge in [0.2, 0.25) is 0 Å². The molecule has 1 saturated heterocycles. The second kappa shape index (κ2) is 8.40. The zero-order valence-electron chi connectivity index (χ0n) is 16.1. The molecule has 0 aliphatic carbocycles. The number of benzene rings is 1. The van der Waals surface area contributed by atoms with Crippen LogP contribution in [-0.2, 0) is 6.42 Å². The lowest BCUT2D eigenvalue weighted by Gasteiger charge is -2.18. The van der Waals surface area contributed by atoms with Crippen molar-refractivity contribution in [1.29, 1.82) is 0 Å². The van der Waals surface area contributed by atoms with E-state index in [9.17, 15) is 13.6 Å². The number of carbonyl (C=O) groups excluding carboxylic acids is 1. The maximum atomic E-state index is 14.1. The second-order valence-electron chi connectivity index (χ2n) is 7.16. The Hall–Kier alpha value is -3.62. The highest BCUT2D eigenvalue weighted by molar-refractivity contribution is 5.92. The number of carbonyl (C=O) groups is 1. The molecule has 4 rings (SSSR count). The molecule has 7 nitrogen and oxygen atoms in total.